The van der Waals surface area contributed by atoms with Crippen molar-refractivity contribution in [2.24, 2.45) is 0 Å². The highest BCUT2D eigenvalue weighted by atomic mass is 32.1. The Labute approximate surface area is 118 Å². The third-order valence-corrected chi connectivity index (χ3v) is 4.17. The van der Waals surface area contributed by atoms with E-state index in [9.17, 15) is 0 Å². The summed E-state index contributed by atoms with van der Waals surface area (Å²) >= 11 is 1.71. The van der Waals surface area contributed by atoms with Crippen molar-refractivity contribution in [1.82, 2.24) is 25.1 Å². The lowest BCUT2D eigenvalue weighted by molar-refractivity contribution is 0.500. The molecule has 1 unspecified atom stereocenters. The summed E-state index contributed by atoms with van der Waals surface area (Å²) < 4.78 is 1.96. The summed E-state index contributed by atoms with van der Waals surface area (Å²) in [6.45, 7) is 8.19. The fourth-order valence-electron chi connectivity index (χ4n) is 2.11. The van der Waals surface area contributed by atoms with Crippen molar-refractivity contribution in [3.63, 3.8) is 0 Å². The van der Waals surface area contributed by atoms with E-state index in [4.69, 9.17) is 0 Å². The maximum atomic E-state index is 4.37. The van der Waals surface area contributed by atoms with Crippen molar-refractivity contribution in [3.8, 4) is 0 Å². The monoisotopic (exact) mass is 279 g/mol. The molecule has 2 aromatic heterocycles. The van der Waals surface area contributed by atoms with Crippen LogP contribution in [0, 0.1) is 6.92 Å². The minimum Gasteiger partial charge on any atom is -0.309 e. The number of rotatable bonds is 7. The maximum absolute atomic E-state index is 4.37. The molecule has 0 aliphatic rings. The Kier molecular flexibility index (Phi) is 5.04. The maximum Gasteiger partial charge on any atom is 0.138 e. The molecule has 0 spiro atoms. The van der Waals surface area contributed by atoms with Gasteiger partial charge in [-0.1, -0.05) is 6.92 Å². The first-order valence-electron chi connectivity index (χ1n) is 6.76. The number of aromatic nitrogens is 4. The van der Waals surface area contributed by atoms with Crippen LogP contribution in [-0.4, -0.2) is 26.3 Å². The smallest absolute Gasteiger partial charge is 0.138 e. The van der Waals surface area contributed by atoms with E-state index in [1.165, 1.54) is 4.88 Å². The third-order valence-electron chi connectivity index (χ3n) is 3.12. The van der Waals surface area contributed by atoms with Crippen LogP contribution < -0.4 is 5.32 Å². The highest BCUT2D eigenvalue weighted by Crippen LogP contribution is 2.24. The molecule has 0 radical (unpaired) electrons. The minimum atomic E-state index is 0.280. The lowest BCUT2D eigenvalue weighted by atomic mass is 10.1. The van der Waals surface area contributed by atoms with Crippen LogP contribution >= 0.6 is 11.3 Å². The van der Waals surface area contributed by atoms with Crippen LogP contribution in [0.1, 0.15) is 42.7 Å². The molecule has 0 aliphatic carbocycles. The first-order chi connectivity index (χ1) is 9.26. The Balaban J connectivity index is 2.17. The largest absolute Gasteiger partial charge is 0.309 e. The Hall–Kier alpha value is -1.27. The quantitative estimate of drug-likeness (QED) is 0.845. The summed E-state index contributed by atoms with van der Waals surface area (Å²) in [5.74, 6) is 1.03. The summed E-state index contributed by atoms with van der Waals surface area (Å²) in [6.07, 6.45) is 3.61. The third kappa shape index (κ3) is 3.39. The van der Waals surface area contributed by atoms with Gasteiger partial charge in [-0.3, -0.25) is 4.68 Å². The Morgan fingerprint density at radius 1 is 1.37 bits per heavy atom. The van der Waals surface area contributed by atoms with Gasteiger partial charge in [-0.25, -0.2) is 9.97 Å². The van der Waals surface area contributed by atoms with Crippen LogP contribution in [0.25, 0.3) is 0 Å². The standard InChI is InChI=1S/C13H21N5S/c1-4-6-14-11(13-10(3)16-9-19-13)7-12-15-8-17-18(12)5-2/h8-9,11,14H,4-7H2,1-3H3. The Bertz CT molecular complexity index is 505. The lowest BCUT2D eigenvalue weighted by Gasteiger charge is -2.17. The second-order valence-electron chi connectivity index (χ2n) is 4.50. The average molecular weight is 279 g/mol. The summed E-state index contributed by atoms with van der Waals surface area (Å²) in [5.41, 5.74) is 3.02. The second-order valence-corrected chi connectivity index (χ2v) is 5.39. The summed E-state index contributed by atoms with van der Waals surface area (Å²) in [4.78, 5) is 10.0. The van der Waals surface area contributed by atoms with Crippen molar-refractivity contribution in [2.75, 3.05) is 6.54 Å². The molecule has 0 saturated heterocycles. The normalized spacial score (nSPS) is 12.8. The van der Waals surface area contributed by atoms with Gasteiger partial charge < -0.3 is 5.32 Å². The van der Waals surface area contributed by atoms with Gasteiger partial charge in [0.2, 0.25) is 0 Å². The van der Waals surface area contributed by atoms with Gasteiger partial charge in [-0.2, -0.15) is 5.10 Å². The van der Waals surface area contributed by atoms with Crippen LogP contribution in [0.3, 0.4) is 0 Å². The molecule has 1 atom stereocenters. The zero-order valence-corrected chi connectivity index (χ0v) is 12.6. The van der Waals surface area contributed by atoms with Crippen molar-refractivity contribution >= 4 is 11.3 Å². The van der Waals surface area contributed by atoms with E-state index < -0.39 is 0 Å². The van der Waals surface area contributed by atoms with Crippen LogP contribution in [0.15, 0.2) is 11.8 Å². The molecular weight excluding hydrogens is 258 g/mol. The molecule has 0 saturated carbocycles. The van der Waals surface area contributed by atoms with E-state index >= 15 is 0 Å². The fraction of sp³-hybridized carbons (Fsp3) is 0.615. The molecule has 6 heteroatoms. The SMILES string of the molecule is CCCNC(Cc1ncnn1CC)c1scnc1C. The molecule has 104 valence electrons. The molecule has 0 aromatic carbocycles. The van der Waals surface area contributed by atoms with Gasteiger partial charge in [-0.05, 0) is 26.8 Å². The second kappa shape index (κ2) is 6.77. The Morgan fingerprint density at radius 2 is 2.21 bits per heavy atom. The molecule has 0 aliphatic heterocycles. The predicted octanol–water partition coefficient (Wildman–Crippen LogP) is 2.35. The van der Waals surface area contributed by atoms with Crippen molar-refractivity contribution in [3.05, 3.63) is 28.2 Å². The minimum absolute atomic E-state index is 0.280. The van der Waals surface area contributed by atoms with Gasteiger partial charge in [-0.15, -0.1) is 11.3 Å². The highest BCUT2D eigenvalue weighted by Gasteiger charge is 2.18. The highest BCUT2D eigenvalue weighted by molar-refractivity contribution is 7.09. The topological polar surface area (TPSA) is 55.6 Å². The van der Waals surface area contributed by atoms with E-state index in [1.807, 2.05) is 10.2 Å². The van der Waals surface area contributed by atoms with E-state index in [0.717, 1.165) is 37.4 Å². The van der Waals surface area contributed by atoms with E-state index in [2.05, 4.69) is 41.2 Å². The molecule has 0 fully saturated rings. The van der Waals surface area contributed by atoms with Gasteiger partial charge in [0.15, 0.2) is 0 Å². The van der Waals surface area contributed by atoms with Crippen LogP contribution in [0.5, 0.6) is 0 Å². The number of hydrogen-bond acceptors (Lipinski definition) is 5. The van der Waals surface area contributed by atoms with Gasteiger partial charge in [0.1, 0.15) is 12.2 Å². The summed E-state index contributed by atoms with van der Waals surface area (Å²) in [5, 5.41) is 7.83. The number of nitrogens with zero attached hydrogens (tertiary/aromatic N) is 4. The molecule has 19 heavy (non-hydrogen) atoms. The number of aryl methyl sites for hydroxylation is 2. The average Bonchev–Trinajstić information content (AvgIpc) is 3.03. The van der Waals surface area contributed by atoms with Gasteiger partial charge >= 0.3 is 0 Å². The van der Waals surface area contributed by atoms with Gasteiger partial charge in [0.25, 0.3) is 0 Å². The summed E-state index contributed by atoms with van der Waals surface area (Å²) in [6, 6.07) is 0.280. The van der Waals surface area contributed by atoms with Crippen molar-refractivity contribution in [2.45, 2.75) is 46.2 Å². The molecule has 1 N–H and O–H groups in total. The predicted molar refractivity (Wildman–Crippen MR) is 77.3 cm³/mol. The number of hydrogen-bond donors (Lipinski definition) is 1. The molecule has 0 bridgehead atoms. The molecule has 2 heterocycles. The van der Waals surface area contributed by atoms with Crippen LogP contribution in [0.4, 0.5) is 0 Å². The fourth-order valence-corrected chi connectivity index (χ4v) is 2.99. The number of thiazole rings is 1. The molecular formula is C13H21N5S. The molecule has 2 rings (SSSR count). The Morgan fingerprint density at radius 3 is 2.84 bits per heavy atom. The van der Waals surface area contributed by atoms with Gasteiger partial charge in [0.05, 0.1) is 17.2 Å². The zero-order valence-electron chi connectivity index (χ0n) is 11.8. The van der Waals surface area contributed by atoms with Crippen molar-refractivity contribution < 1.29 is 0 Å². The van der Waals surface area contributed by atoms with Crippen LogP contribution in [-0.2, 0) is 13.0 Å². The first kappa shape index (κ1) is 14.1. The van der Waals surface area contributed by atoms with E-state index in [1.54, 1.807) is 17.7 Å². The zero-order chi connectivity index (χ0) is 13.7. The van der Waals surface area contributed by atoms with Crippen LogP contribution in [0.2, 0.25) is 0 Å². The van der Waals surface area contributed by atoms with Gasteiger partial charge in [0, 0.05) is 17.8 Å². The molecule has 5 nitrogen and oxygen atoms in total. The van der Waals surface area contributed by atoms with Crippen molar-refractivity contribution in [1.29, 1.82) is 0 Å². The lowest BCUT2D eigenvalue weighted by Crippen LogP contribution is -2.25. The number of nitrogens with one attached hydrogen (secondary N) is 1. The van der Waals surface area contributed by atoms with E-state index in [-0.39, 0.29) is 6.04 Å². The van der Waals surface area contributed by atoms with E-state index in [0.29, 0.717) is 0 Å². The molecule has 2 aromatic rings. The summed E-state index contributed by atoms with van der Waals surface area (Å²) in [7, 11) is 0. The first-order valence-corrected chi connectivity index (χ1v) is 7.64. The molecule has 0 amide bonds.